The zero-order valence-corrected chi connectivity index (χ0v) is 19.9. The Balaban J connectivity index is 1.96. The van der Waals surface area contributed by atoms with E-state index in [0.717, 1.165) is 11.1 Å². The number of hydrogen-bond donors (Lipinski definition) is 2. The maximum absolute atomic E-state index is 12.4. The molecule has 1 atom stereocenters. The molecule has 30 heavy (non-hydrogen) atoms. The Bertz CT molecular complexity index is 1000. The van der Waals surface area contributed by atoms with Crippen molar-refractivity contribution < 1.29 is 13.2 Å². The first-order valence-electron chi connectivity index (χ1n) is 10.3. The molecule has 0 aromatic heterocycles. The van der Waals surface area contributed by atoms with Gasteiger partial charge in [-0.2, -0.15) is 0 Å². The average molecular weight is 431 g/mol. The molecule has 0 saturated carbocycles. The molecule has 1 amide bonds. The fourth-order valence-electron chi connectivity index (χ4n) is 3.40. The van der Waals surface area contributed by atoms with Crippen LogP contribution in [0.3, 0.4) is 0 Å². The number of aryl methyl sites for hydroxylation is 4. The summed E-state index contributed by atoms with van der Waals surface area (Å²) in [6, 6.07) is 10.9. The highest BCUT2D eigenvalue weighted by Crippen LogP contribution is 2.22. The van der Waals surface area contributed by atoms with Gasteiger partial charge in [0.1, 0.15) is 0 Å². The molecule has 0 aliphatic carbocycles. The lowest BCUT2D eigenvalue weighted by molar-refractivity contribution is -0.121. The highest BCUT2D eigenvalue weighted by Gasteiger charge is 2.21. The lowest BCUT2D eigenvalue weighted by Gasteiger charge is -2.20. The molecular formula is C24H34N2O3S. The first-order chi connectivity index (χ1) is 13.8. The van der Waals surface area contributed by atoms with Crippen LogP contribution >= 0.6 is 0 Å². The molecule has 0 heterocycles. The predicted molar refractivity (Wildman–Crippen MR) is 122 cm³/mol. The van der Waals surface area contributed by atoms with Crippen molar-refractivity contribution in [1.82, 2.24) is 10.0 Å². The molecule has 164 valence electrons. The molecular weight excluding hydrogens is 396 g/mol. The van der Waals surface area contributed by atoms with Gasteiger partial charge in [0.25, 0.3) is 0 Å². The third-order valence-electron chi connectivity index (χ3n) is 5.04. The van der Waals surface area contributed by atoms with Crippen LogP contribution in [0.2, 0.25) is 0 Å². The fraction of sp³-hybridized carbons (Fsp3) is 0.458. The van der Waals surface area contributed by atoms with Crippen molar-refractivity contribution in [3.8, 4) is 0 Å². The van der Waals surface area contributed by atoms with E-state index in [0.29, 0.717) is 12.8 Å². The first-order valence-corrected chi connectivity index (χ1v) is 11.8. The van der Waals surface area contributed by atoms with Crippen LogP contribution in [-0.2, 0) is 21.2 Å². The minimum Gasteiger partial charge on any atom is -0.350 e. The lowest BCUT2D eigenvalue weighted by atomic mass is 9.96. The van der Waals surface area contributed by atoms with Crippen LogP contribution in [0.25, 0.3) is 0 Å². The van der Waals surface area contributed by atoms with E-state index in [1.54, 1.807) is 45.0 Å². The summed E-state index contributed by atoms with van der Waals surface area (Å²) >= 11 is 0. The van der Waals surface area contributed by atoms with Crippen molar-refractivity contribution in [2.75, 3.05) is 0 Å². The molecule has 0 aliphatic rings. The van der Waals surface area contributed by atoms with Crippen molar-refractivity contribution in [2.45, 2.75) is 77.8 Å². The molecule has 2 rings (SSSR count). The molecule has 0 saturated heterocycles. The van der Waals surface area contributed by atoms with E-state index < -0.39 is 15.6 Å². The van der Waals surface area contributed by atoms with Crippen LogP contribution < -0.4 is 10.0 Å². The number of amides is 1. The largest absolute Gasteiger partial charge is 0.350 e. The average Bonchev–Trinajstić information content (AvgIpc) is 2.61. The number of hydrogen-bond acceptors (Lipinski definition) is 3. The Morgan fingerprint density at radius 1 is 0.967 bits per heavy atom. The molecule has 6 heteroatoms. The van der Waals surface area contributed by atoms with Crippen LogP contribution in [-0.4, -0.2) is 19.9 Å². The Hall–Kier alpha value is -2.18. The number of carbonyl (C=O) groups is 1. The molecule has 0 fully saturated rings. The Labute approximate surface area is 181 Å². The van der Waals surface area contributed by atoms with Gasteiger partial charge in [0.05, 0.1) is 10.9 Å². The summed E-state index contributed by atoms with van der Waals surface area (Å²) in [7, 11) is -3.55. The smallest absolute Gasteiger partial charge is 0.241 e. The van der Waals surface area contributed by atoms with Crippen molar-refractivity contribution in [3.05, 3.63) is 64.2 Å². The third kappa shape index (κ3) is 6.67. The number of rotatable bonds is 7. The first kappa shape index (κ1) is 24.1. The zero-order valence-electron chi connectivity index (χ0n) is 19.1. The minimum atomic E-state index is -3.55. The van der Waals surface area contributed by atoms with Crippen molar-refractivity contribution in [3.63, 3.8) is 0 Å². The molecule has 0 radical (unpaired) electrons. The Morgan fingerprint density at radius 2 is 1.53 bits per heavy atom. The van der Waals surface area contributed by atoms with Gasteiger partial charge in [0.15, 0.2) is 0 Å². The highest BCUT2D eigenvalue weighted by molar-refractivity contribution is 7.89. The minimum absolute atomic E-state index is 0.0220. The van der Waals surface area contributed by atoms with E-state index in [1.807, 2.05) is 6.92 Å². The van der Waals surface area contributed by atoms with E-state index in [9.17, 15) is 13.2 Å². The van der Waals surface area contributed by atoms with Crippen LogP contribution in [0.15, 0.2) is 41.3 Å². The van der Waals surface area contributed by atoms with Crippen LogP contribution in [0, 0.1) is 20.8 Å². The monoisotopic (exact) mass is 430 g/mol. The Kier molecular flexibility index (Phi) is 7.48. The van der Waals surface area contributed by atoms with Crippen LogP contribution in [0.4, 0.5) is 0 Å². The number of sulfonamides is 1. The maximum atomic E-state index is 12.4. The summed E-state index contributed by atoms with van der Waals surface area (Å²) in [5.41, 5.74) is 5.15. The van der Waals surface area contributed by atoms with Crippen molar-refractivity contribution >= 4 is 15.9 Å². The molecule has 0 bridgehead atoms. The molecule has 0 aliphatic heterocycles. The van der Waals surface area contributed by atoms with Crippen LogP contribution in [0.5, 0.6) is 0 Å². The van der Waals surface area contributed by atoms with E-state index >= 15 is 0 Å². The van der Waals surface area contributed by atoms with E-state index in [4.69, 9.17) is 0 Å². The van der Waals surface area contributed by atoms with Gasteiger partial charge < -0.3 is 5.32 Å². The summed E-state index contributed by atoms with van der Waals surface area (Å²) in [4.78, 5) is 12.7. The van der Waals surface area contributed by atoms with Gasteiger partial charge in [-0.1, -0.05) is 24.3 Å². The summed E-state index contributed by atoms with van der Waals surface area (Å²) in [6.07, 6.45) is 0.901. The van der Waals surface area contributed by atoms with Crippen molar-refractivity contribution in [1.29, 1.82) is 0 Å². The fourth-order valence-corrected chi connectivity index (χ4v) is 4.81. The number of nitrogens with one attached hydrogen (secondary N) is 2. The summed E-state index contributed by atoms with van der Waals surface area (Å²) in [6.45, 7) is 13.6. The Morgan fingerprint density at radius 3 is 2.10 bits per heavy atom. The molecule has 5 nitrogen and oxygen atoms in total. The van der Waals surface area contributed by atoms with E-state index in [1.165, 1.54) is 16.7 Å². The second-order valence-electron chi connectivity index (χ2n) is 9.08. The topological polar surface area (TPSA) is 75.3 Å². The van der Waals surface area contributed by atoms with Gasteiger partial charge in [0.2, 0.25) is 15.9 Å². The molecule has 2 aromatic rings. The second-order valence-corrected chi connectivity index (χ2v) is 10.8. The summed E-state index contributed by atoms with van der Waals surface area (Å²) < 4.78 is 27.4. The van der Waals surface area contributed by atoms with E-state index in [2.05, 4.69) is 42.9 Å². The van der Waals surface area contributed by atoms with Gasteiger partial charge in [-0.3, -0.25) is 4.79 Å². The van der Waals surface area contributed by atoms with Gasteiger partial charge in [0, 0.05) is 12.0 Å². The summed E-state index contributed by atoms with van der Waals surface area (Å²) in [5, 5.41) is 3.07. The molecule has 0 unspecified atom stereocenters. The number of carbonyl (C=O) groups excluding carboxylic acids is 1. The summed E-state index contributed by atoms with van der Waals surface area (Å²) in [5.74, 6) is -0.0220. The SMILES string of the molecule is Cc1cc(C)c([C@@H](C)NC(=O)CCc2ccc(S(=O)(=O)NC(C)(C)C)cc2)cc1C. The van der Waals surface area contributed by atoms with Crippen LogP contribution in [0.1, 0.15) is 68.0 Å². The highest BCUT2D eigenvalue weighted by atomic mass is 32.2. The van der Waals surface area contributed by atoms with Crippen molar-refractivity contribution in [2.24, 2.45) is 0 Å². The third-order valence-corrected chi connectivity index (χ3v) is 6.82. The zero-order chi connectivity index (χ0) is 22.7. The maximum Gasteiger partial charge on any atom is 0.241 e. The molecule has 2 N–H and O–H groups in total. The van der Waals surface area contributed by atoms with Gasteiger partial charge in [-0.05, 0) is 94.8 Å². The van der Waals surface area contributed by atoms with Gasteiger partial charge >= 0.3 is 0 Å². The van der Waals surface area contributed by atoms with Gasteiger partial charge in [-0.25, -0.2) is 13.1 Å². The van der Waals surface area contributed by atoms with Gasteiger partial charge in [-0.15, -0.1) is 0 Å². The molecule has 2 aromatic carbocycles. The normalized spacial score (nSPS) is 13.2. The molecule has 0 spiro atoms. The standard InChI is InChI=1S/C24H34N2O3S/c1-16-14-18(3)22(15-17(16)2)19(4)25-23(27)13-10-20-8-11-21(12-9-20)30(28,29)26-24(5,6)7/h8-9,11-12,14-15,19,26H,10,13H2,1-7H3,(H,25,27)/t19-/m1/s1. The number of benzene rings is 2. The second kappa shape index (κ2) is 9.31. The predicted octanol–water partition coefficient (Wildman–Crippen LogP) is 4.50. The lowest BCUT2D eigenvalue weighted by Crippen LogP contribution is -2.40. The van der Waals surface area contributed by atoms with E-state index in [-0.39, 0.29) is 16.8 Å². The quantitative estimate of drug-likeness (QED) is 0.679.